The number of imide groups is 1. The van der Waals surface area contributed by atoms with Gasteiger partial charge < -0.3 is 15.4 Å². The SMILES string of the molecule is CCOc1ccc(NC(=O)CN2C(=O)N[C@@](C)(c3ccc([N+](=O)[O-])cc3)C2=O)cc1. The number of amides is 4. The molecule has 156 valence electrons. The third-order valence-electron chi connectivity index (χ3n) is 4.68. The van der Waals surface area contributed by atoms with Gasteiger partial charge in [0, 0.05) is 17.8 Å². The molecule has 10 heteroatoms. The standard InChI is InChI=1S/C20H20N4O6/c1-3-30-16-10-6-14(7-11-16)21-17(25)12-23-18(26)20(2,22-19(23)27)13-4-8-15(9-5-13)24(28)29/h4-11H,3,12H2,1-2H3,(H,21,25)(H,22,27)/t20-/m0/s1. The molecule has 0 radical (unpaired) electrons. The number of nitrogens with one attached hydrogen (secondary N) is 2. The van der Waals surface area contributed by atoms with Gasteiger partial charge in [0.1, 0.15) is 17.8 Å². The number of rotatable bonds is 7. The van der Waals surface area contributed by atoms with Gasteiger partial charge in [-0.3, -0.25) is 24.6 Å². The summed E-state index contributed by atoms with van der Waals surface area (Å²) in [6, 6.07) is 11.3. The highest BCUT2D eigenvalue weighted by Crippen LogP contribution is 2.30. The van der Waals surface area contributed by atoms with Crippen LogP contribution >= 0.6 is 0 Å². The van der Waals surface area contributed by atoms with Crippen LogP contribution in [0.2, 0.25) is 0 Å². The van der Waals surface area contributed by atoms with E-state index < -0.39 is 34.9 Å². The molecule has 4 amide bonds. The third kappa shape index (κ3) is 4.07. The minimum Gasteiger partial charge on any atom is -0.494 e. The molecule has 0 aliphatic carbocycles. The second-order valence-electron chi connectivity index (χ2n) is 6.76. The van der Waals surface area contributed by atoms with Gasteiger partial charge in [-0.05, 0) is 55.8 Å². The minimum atomic E-state index is -1.42. The quantitative estimate of drug-likeness (QED) is 0.408. The molecule has 0 saturated carbocycles. The first-order chi connectivity index (χ1) is 14.2. The highest BCUT2D eigenvalue weighted by atomic mass is 16.6. The number of ether oxygens (including phenoxy) is 1. The van der Waals surface area contributed by atoms with Crippen LogP contribution in [0, 0.1) is 10.1 Å². The Labute approximate surface area is 172 Å². The van der Waals surface area contributed by atoms with Crippen LogP contribution < -0.4 is 15.4 Å². The summed E-state index contributed by atoms with van der Waals surface area (Å²) < 4.78 is 5.33. The van der Waals surface area contributed by atoms with Gasteiger partial charge in [-0.1, -0.05) is 0 Å². The van der Waals surface area contributed by atoms with E-state index in [-0.39, 0.29) is 5.69 Å². The molecule has 1 saturated heterocycles. The van der Waals surface area contributed by atoms with E-state index in [9.17, 15) is 24.5 Å². The Bertz CT molecular complexity index is 989. The van der Waals surface area contributed by atoms with E-state index in [1.54, 1.807) is 24.3 Å². The van der Waals surface area contributed by atoms with Crippen molar-refractivity contribution in [1.82, 2.24) is 10.2 Å². The summed E-state index contributed by atoms with van der Waals surface area (Å²) in [5.41, 5.74) is -0.689. The van der Waals surface area contributed by atoms with Gasteiger partial charge >= 0.3 is 6.03 Å². The van der Waals surface area contributed by atoms with Crippen molar-refractivity contribution in [3.8, 4) is 5.75 Å². The lowest BCUT2D eigenvalue weighted by atomic mass is 9.92. The molecular formula is C20H20N4O6. The Morgan fingerprint density at radius 1 is 1.17 bits per heavy atom. The van der Waals surface area contributed by atoms with E-state index in [4.69, 9.17) is 4.74 Å². The van der Waals surface area contributed by atoms with Crippen molar-refractivity contribution in [1.29, 1.82) is 0 Å². The van der Waals surface area contributed by atoms with Gasteiger partial charge in [0.2, 0.25) is 5.91 Å². The predicted molar refractivity (Wildman–Crippen MR) is 107 cm³/mol. The van der Waals surface area contributed by atoms with Gasteiger partial charge in [-0.15, -0.1) is 0 Å². The van der Waals surface area contributed by atoms with Gasteiger partial charge in [0.05, 0.1) is 11.5 Å². The smallest absolute Gasteiger partial charge is 0.325 e. The van der Waals surface area contributed by atoms with E-state index in [0.717, 1.165) is 4.90 Å². The summed E-state index contributed by atoms with van der Waals surface area (Å²) in [5.74, 6) is -0.512. The molecule has 0 unspecified atom stereocenters. The highest BCUT2D eigenvalue weighted by Gasteiger charge is 2.49. The van der Waals surface area contributed by atoms with E-state index in [1.807, 2.05) is 6.92 Å². The molecule has 10 nitrogen and oxygen atoms in total. The van der Waals surface area contributed by atoms with Crippen molar-refractivity contribution in [3.05, 3.63) is 64.2 Å². The van der Waals surface area contributed by atoms with Crippen LogP contribution in [0.5, 0.6) is 5.75 Å². The van der Waals surface area contributed by atoms with E-state index >= 15 is 0 Å². The summed E-state index contributed by atoms with van der Waals surface area (Å²) in [7, 11) is 0. The summed E-state index contributed by atoms with van der Waals surface area (Å²) in [4.78, 5) is 48.6. The largest absolute Gasteiger partial charge is 0.494 e. The molecule has 1 heterocycles. The number of nitrogens with zero attached hydrogens (tertiary/aromatic N) is 2. The topological polar surface area (TPSA) is 131 Å². The highest BCUT2D eigenvalue weighted by molar-refractivity contribution is 6.10. The maximum absolute atomic E-state index is 12.9. The van der Waals surface area contributed by atoms with E-state index in [0.29, 0.717) is 23.6 Å². The first kappa shape index (κ1) is 20.8. The van der Waals surface area contributed by atoms with Gasteiger partial charge in [-0.25, -0.2) is 4.79 Å². The Morgan fingerprint density at radius 2 is 1.80 bits per heavy atom. The summed E-state index contributed by atoms with van der Waals surface area (Å²) in [5, 5.41) is 16.0. The molecule has 0 aromatic heterocycles. The molecule has 1 fully saturated rings. The molecule has 2 N–H and O–H groups in total. The normalized spacial score (nSPS) is 18.1. The zero-order valence-electron chi connectivity index (χ0n) is 16.4. The molecule has 0 spiro atoms. The van der Waals surface area contributed by atoms with Crippen molar-refractivity contribution in [2.75, 3.05) is 18.5 Å². The van der Waals surface area contributed by atoms with Gasteiger partial charge in [0.15, 0.2) is 0 Å². The number of anilines is 1. The lowest BCUT2D eigenvalue weighted by molar-refractivity contribution is -0.384. The molecule has 0 bridgehead atoms. The second-order valence-corrected chi connectivity index (χ2v) is 6.76. The summed E-state index contributed by atoms with van der Waals surface area (Å²) in [6.45, 7) is 3.39. The summed E-state index contributed by atoms with van der Waals surface area (Å²) in [6.07, 6.45) is 0. The van der Waals surface area contributed by atoms with Crippen molar-refractivity contribution < 1.29 is 24.0 Å². The zero-order chi connectivity index (χ0) is 21.9. The maximum Gasteiger partial charge on any atom is 0.325 e. The Kier molecular flexibility index (Phi) is 5.67. The first-order valence-corrected chi connectivity index (χ1v) is 9.16. The molecular weight excluding hydrogens is 392 g/mol. The molecule has 2 aromatic carbocycles. The average molecular weight is 412 g/mol. The number of benzene rings is 2. The number of carbonyl (C=O) groups excluding carboxylic acids is 3. The van der Waals surface area contributed by atoms with Crippen molar-refractivity contribution in [3.63, 3.8) is 0 Å². The average Bonchev–Trinajstić information content (AvgIpc) is 2.93. The molecule has 30 heavy (non-hydrogen) atoms. The number of hydrogen-bond acceptors (Lipinski definition) is 6. The Balaban J connectivity index is 1.69. The van der Waals surface area contributed by atoms with E-state index in [1.165, 1.54) is 31.2 Å². The first-order valence-electron chi connectivity index (χ1n) is 9.16. The predicted octanol–water partition coefficient (Wildman–Crippen LogP) is 2.40. The molecule has 2 aromatic rings. The van der Waals surface area contributed by atoms with Crippen LogP contribution in [0.1, 0.15) is 19.4 Å². The van der Waals surface area contributed by atoms with Gasteiger partial charge in [-0.2, -0.15) is 0 Å². The maximum atomic E-state index is 12.9. The third-order valence-corrected chi connectivity index (χ3v) is 4.68. The van der Waals surface area contributed by atoms with Crippen molar-refractivity contribution in [2.45, 2.75) is 19.4 Å². The Morgan fingerprint density at radius 3 is 2.37 bits per heavy atom. The lowest BCUT2D eigenvalue weighted by Crippen LogP contribution is -2.42. The van der Waals surface area contributed by atoms with Gasteiger partial charge in [0.25, 0.3) is 11.6 Å². The van der Waals surface area contributed by atoms with Crippen LogP contribution in [0.25, 0.3) is 0 Å². The Hall–Kier alpha value is -3.95. The van der Waals surface area contributed by atoms with Crippen LogP contribution in [-0.4, -0.2) is 40.8 Å². The zero-order valence-corrected chi connectivity index (χ0v) is 16.4. The molecule has 3 rings (SSSR count). The lowest BCUT2D eigenvalue weighted by Gasteiger charge is -2.22. The second kappa shape index (κ2) is 8.19. The fraction of sp³-hybridized carbons (Fsp3) is 0.250. The van der Waals surface area contributed by atoms with Crippen molar-refractivity contribution in [2.24, 2.45) is 0 Å². The summed E-state index contributed by atoms with van der Waals surface area (Å²) >= 11 is 0. The number of nitro benzene ring substituents is 1. The number of carbonyl (C=O) groups is 3. The fourth-order valence-electron chi connectivity index (χ4n) is 3.10. The van der Waals surface area contributed by atoms with E-state index in [2.05, 4.69) is 10.6 Å². The number of non-ortho nitro benzene ring substituents is 1. The molecule has 1 aliphatic heterocycles. The minimum absolute atomic E-state index is 0.134. The molecule has 1 aliphatic rings. The van der Waals surface area contributed by atoms with Crippen molar-refractivity contribution >= 4 is 29.2 Å². The molecule has 1 atom stereocenters. The van der Waals surface area contributed by atoms with Crippen LogP contribution in [0.4, 0.5) is 16.2 Å². The van der Waals surface area contributed by atoms with Crippen LogP contribution in [0.3, 0.4) is 0 Å². The fourth-order valence-corrected chi connectivity index (χ4v) is 3.10. The number of nitro groups is 1. The number of hydrogen-bond donors (Lipinski definition) is 2. The monoisotopic (exact) mass is 412 g/mol. The van der Waals surface area contributed by atoms with Crippen LogP contribution in [0.15, 0.2) is 48.5 Å². The van der Waals surface area contributed by atoms with Crippen LogP contribution in [-0.2, 0) is 15.1 Å². The number of urea groups is 1.